The number of nitrogens with one attached hydrogen (secondary N) is 1. The topological polar surface area (TPSA) is 69.6 Å². The Morgan fingerprint density at radius 2 is 2.18 bits per heavy atom. The lowest BCUT2D eigenvalue weighted by molar-refractivity contribution is -0.403. The first kappa shape index (κ1) is 12.0. The maximum absolute atomic E-state index is 11.6. The second-order valence-corrected chi connectivity index (χ2v) is 5.71. The van der Waals surface area contributed by atoms with Gasteiger partial charge < -0.3 is 11.1 Å². The zero-order valence-electron chi connectivity index (χ0n) is 10.7. The van der Waals surface area contributed by atoms with Crippen LogP contribution in [0.5, 0.6) is 0 Å². The van der Waals surface area contributed by atoms with Crippen molar-refractivity contribution < 1.29 is 10.5 Å². The van der Waals surface area contributed by atoms with Gasteiger partial charge in [0, 0.05) is 12.6 Å². The van der Waals surface area contributed by atoms with E-state index < -0.39 is 0 Å². The highest BCUT2D eigenvalue weighted by Gasteiger charge is 2.25. The van der Waals surface area contributed by atoms with Crippen molar-refractivity contribution in [2.45, 2.75) is 45.1 Å². The van der Waals surface area contributed by atoms with Crippen LogP contribution >= 0.6 is 0 Å². The Labute approximate surface area is 102 Å². The second kappa shape index (κ2) is 4.11. The van der Waals surface area contributed by atoms with Crippen LogP contribution in [0.2, 0.25) is 0 Å². The largest absolute Gasteiger partial charge is 0.347 e. The minimum Gasteiger partial charge on any atom is -0.347 e. The van der Waals surface area contributed by atoms with E-state index in [4.69, 9.17) is 0 Å². The first-order chi connectivity index (χ1) is 7.88. The molecule has 0 bridgehead atoms. The normalized spacial score (nSPS) is 20.5. The Balaban J connectivity index is 2.38. The number of anilines is 1. The van der Waals surface area contributed by atoms with Crippen LogP contribution in [-0.4, -0.2) is 16.9 Å². The minimum absolute atomic E-state index is 0.0280. The number of carbonyl (C=O) groups excluding carboxylic acids is 1. The van der Waals surface area contributed by atoms with E-state index in [-0.39, 0.29) is 17.4 Å². The van der Waals surface area contributed by atoms with E-state index in [1.807, 2.05) is 6.20 Å². The van der Waals surface area contributed by atoms with Crippen molar-refractivity contribution in [2.24, 2.45) is 0 Å². The van der Waals surface area contributed by atoms with Gasteiger partial charge in [0.25, 0.3) is 5.91 Å². The van der Waals surface area contributed by atoms with Gasteiger partial charge in [-0.05, 0) is 23.0 Å². The molecular weight excluding hydrogens is 214 g/mol. The molecule has 1 atom stereocenters. The maximum atomic E-state index is 11.6. The lowest BCUT2D eigenvalue weighted by Gasteiger charge is -2.20. The van der Waals surface area contributed by atoms with Gasteiger partial charge >= 0.3 is 0 Å². The first-order valence-electron chi connectivity index (χ1n) is 6.01. The summed E-state index contributed by atoms with van der Waals surface area (Å²) in [6.45, 7) is 6.49. The van der Waals surface area contributed by atoms with E-state index in [2.05, 4.69) is 42.9 Å². The summed E-state index contributed by atoms with van der Waals surface area (Å²) >= 11 is 0. The average Bonchev–Trinajstić information content (AvgIpc) is 2.38. The smallest absolute Gasteiger partial charge is 0.283 e. The van der Waals surface area contributed by atoms with Gasteiger partial charge in [-0.2, -0.15) is 0 Å². The van der Waals surface area contributed by atoms with E-state index >= 15 is 0 Å². The van der Waals surface area contributed by atoms with E-state index in [0.717, 1.165) is 18.4 Å². The summed E-state index contributed by atoms with van der Waals surface area (Å²) in [6, 6.07) is 1.97. The third kappa shape index (κ3) is 2.47. The van der Waals surface area contributed by atoms with Crippen LogP contribution < -0.4 is 11.1 Å². The second-order valence-electron chi connectivity index (χ2n) is 5.71. The number of pyridine rings is 1. The molecular formula is C13H20N3O+. The molecule has 2 rings (SSSR count). The molecule has 0 saturated heterocycles. The number of fused-ring (bicyclic) bond motifs is 1. The predicted octanol–water partition coefficient (Wildman–Crippen LogP) is 0.874. The van der Waals surface area contributed by atoms with Crippen molar-refractivity contribution in [3.8, 4) is 0 Å². The molecule has 92 valence electrons. The van der Waals surface area contributed by atoms with E-state index in [1.54, 1.807) is 0 Å². The first-order valence-corrected chi connectivity index (χ1v) is 6.01. The van der Waals surface area contributed by atoms with Crippen LogP contribution in [0.15, 0.2) is 12.3 Å². The molecule has 1 aliphatic rings. The summed E-state index contributed by atoms with van der Waals surface area (Å²) in [5, 5.41) is 2.84. The molecule has 0 aliphatic carbocycles. The van der Waals surface area contributed by atoms with E-state index in [0.29, 0.717) is 5.82 Å². The molecule has 4 N–H and O–H groups in total. The quantitative estimate of drug-likeness (QED) is 0.699. The molecule has 0 saturated carbocycles. The Kier molecular flexibility index (Phi) is 2.91. The molecule has 1 aromatic rings. The molecule has 4 heteroatoms. The summed E-state index contributed by atoms with van der Waals surface area (Å²) in [5.74, 6) is 0.675. The molecule has 1 aromatic heterocycles. The Bertz CT molecular complexity index is 448. The SMILES string of the molecule is CC(C)(C)c1cnc2c(c1)CC[C@@H]([NH3+])C(=O)N2. The van der Waals surface area contributed by atoms with Gasteiger partial charge in [0.15, 0.2) is 6.04 Å². The molecule has 0 unspecified atom stereocenters. The van der Waals surface area contributed by atoms with Crippen molar-refractivity contribution >= 4 is 11.7 Å². The molecule has 1 aliphatic heterocycles. The maximum Gasteiger partial charge on any atom is 0.283 e. The van der Waals surface area contributed by atoms with Crippen LogP contribution in [0.4, 0.5) is 5.82 Å². The lowest BCUT2D eigenvalue weighted by atomic mass is 9.87. The molecule has 1 amide bonds. The van der Waals surface area contributed by atoms with Gasteiger partial charge in [-0.25, -0.2) is 4.98 Å². The molecule has 0 radical (unpaired) electrons. The van der Waals surface area contributed by atoms with Crippen molar-refractivity contribution in [1.29, 1.82) is 0 Å². The zero-order chi connectivity index (χ0) is 12.6. The van der Waals surface area contributed by atoms with Crippen LogP contribution in [0.25, 0.3) is 0 Å². The number of hydrogen-bond acceptors (Lipinski definition) is 2. The molecule has 17 heavy (non-hydrogen) atoms. The summed E-state index contributed by atoms with van der Waals surface area (Å²) in [5.41, 5.74) is 6.26. The van der Waals surface area contributed by atoms with Gasteiger partial charge in [-0.15, -0.1) is 0 Å². The average molecular weight is 234 g/mol. The number of aryl methyl sites for hydroxylation is 1. The fraction of sp³-hybridized carbons (Fsp3) is 0.538. The van der Waals surface area contributed by atoms with Crippen molar-refractivity contribution in [1.82, 2.24) is 4.98 Å². The summed E-state index contributed by atoms with van der Waals surface area (Å²) in [6.07, 6.45) is 3.50. The number of hydrogen-bond donors (Lipinski definition) is 2. The fourth-order valence-corrected chi connectivity index (χ4v) is 1.90. The fourth-order valence-electron chi connectivity index (χ4n) is 1.90. The van der Waals surface area contributed by atoms with E-state index in [1.165, 1.54) is 5.56 Å². The third-order valence-corrected chi connectivity index (χ3v) is 3.21. The zero-order valence-corrected chi connectivity index (χ0v) is 10.7. The van der Waals surface area contributed by atoms with Gasteiger partial charge in [-0.3, -0.25) is 4.79 Å². The highest BCUT2D eigenvalue weighted by atomic mass is 16.2. The summed E-state index contributed by atoms with van der Waals surface area (Å²) in [7, 11) is 0. The minimum atomic E-state index is -0.178. The number of aromatic nitrogens is 1. The van der Waals surface area contributed by atoms with Crippen molar-refractivity contribution in [3.63, 3.8) is 0 Å². The lowest BCUT2D eigenvalue weighted by Crippen LogP contribution is -2.66. The number of quaternary nitrogens is 1. The van der Waals surface area contributed by atoms with E-state index in [9.17, 15) is 4.79 Å². The van der Waals surface area contributed by atoms with Crippen LogP contribution in [0.3, 0.4) is 0 Å². The number of rotatable bonds is 0. The third-order valence-electron chi connectivity index (χ3n) is 3.21. The summed E-state index contributed by atoms with van der Waals surface area (Å²) in [4.78, 5) is 16.0. The summed E-state index contributed by atoms with van der Waals surface area (Å²) < 4.78 is 0. The molecule has 0 fully saturated rings. The van der Waals surface area contributed by atoms with Crippen LogP contribution in [0.1, 0.15) is 38.3 Å². The number of amides is 1. The van der Waals surface area contributed by atoms with Crippen molar-refractivity contribution in [2.75, 3.05) is 5.32 Å². The van der Waals surface area contributed by atoms with Gasteiger partial charge in [0.05, 0.1) is 0 Å². The standard InChI is InChI=1S/C13H19N3O/c1-13(2,3)9-6-8-4-5-10(14)12(17)16-11(8)15-7-9/h6-7,10H,4-5,14H2,1-3H3,(H,15,16,17)/p+1/t10-/m1/s1. The Hall–Kier alpha value is -1.42. The monoisotopic (exact) mass is 234 g/mol. The molecule has 0 aromatic carbocycles. The van der Waals surface area contributed by atoms with Crippen LogP contribution in [-0.2, 0) is 16.6 Å². The predicted molar refractivity (Wildman–Crippen MR) is 66.6 cm³/mol. The molecule has 0 spiro atoms. The van der Waals surface area contributed by atoms with Gasteiger partial charge in [-0.1, -0.05) is 26.8 Å². The number of nitrogens with zero attached hydrogens (tertiary/aromatic N) is 1. The highest BCUT2D eigenvalue weighted by molar-refractivity contribution is 5.94. The van der Waals surface area contributed by atoms with Crippen molar-refractivity contribution in [3.05, 3.63) is 23.4 Å². The van der Waals surface area contributed by atoms with Crippen LogP contribution in [0, 0.1) is 0 Å². The van der Waals surface area contributed by atoms with Gasteiger partial charge in [0.2, 0.25) is 0 Å². The Morgan fingerprint density at radius 1 is 1.47 bits per heavy atom. The van der Waals surface area contributed by atoms with Gasteiger partial charge in [0.1, 0.15) is 5.82 Å². The Morgan fingerprint density at radius 3 is 2.82 bits per heavy atom. The highest BCUT2D eigenvalue weighted by Crippen LogP contribution is 2.26. The molecule has 4 nitrogen and oxygen atoms in total. The molecule has 2 heterocycles. The number of carbonyl (C=O) groups is 1.